The molecule has 2 aromatic carbocycles. The van der Waals surface area contributed by atoms with Crippen LogP contribution in [0.5, 0.6) is 11.5 Å². The molecular formula is C17H14F3NO5S. The normalized spacial score (nSPS) is 11.1. The third-order valence-corrected chi connectivity index (χ3v) is 4.21. The highest BCUT2D eigenvalue weighted by atomic mass is 32.2. The van der Waals surface area contributed by atoms with Gasteiger partial charge in [0.05, 0.1) is 27.7 Å². The first kappa shape index (κ1) is 20.6. The largest absolute Gasteiger partial charge is 0.465 e. The van der Waals surface area contributed by atoms with Gasteiger partial charge in [-0.15, -0.1) is 11.8 Å². The molecule has 144 valence electrons. The molecule has 0 fully saturated rings. The fourth-order valence-electron chi connectivity index (χ4n) is 2.01. The first-order chi connectivity index (χ1) is 12.7. The number of carbonyl (C=O) groups is 1. The maximum atomic E-state index is 12.6. The average molecular weight is 401 g/mol. The minimum absolute atomic E-state index is 0.127. The monoisotopic (exact) mass is 401 g/mol. The van der Waals surface area contributed by atoms with Crippen molar-refractivity contribution in [1.29, 1.82) is 0 Å². The van der Waals surface area contributed by atoms with E-state index in [0.717, 1.165) is 36.0 Å². The van der Waals surface area contributed by atoms with Crippen LogP contribution in [0.25, 0.3) is 0 Å². The Bertz CT molecular complexity index is 824. The van der Waals surface area contributed by atoms with E-state index in [1.807, 2.05) is 0 Å². The summed E-state index contributed by atoms with van der Waals surface area (Å²) in [6, 6.07) is 7.91. The minimum Gasteiger partial charge on any atom is -0.465 e. The number of esters is 1. The number of nitrogens with zero attached hydrogens (tertiary/aromatic N) is 1. The standard InChI is InChI=1S/C17H14F3NO5S/c1-2-25-16(22)10-27-15-9-13(7-8-14(15)21(23)24)26-12-5-3-11(4-6-12)17(18,19)20/h3-9H,2,10H2,1H3. The summed E-state index contributed by atoms with van der Waals surface area (Å²) >= 11 is 0.909. The Balaban J connectivity index is 2.18. The van der Waals surface area contributed by atoms with Crippen molar-refractivity contribution >= 4 is 23.4 Å². The van der Waals surface area contributed by atoms with E-state index in [-0.39, 0.29) is 34.4 Å². The third-order valence-electron chi connectivity index (χ3n) is 3.20. The molecule has 0 aliphatic heterocycles. The molecule has 6 nitrogen and oxygen atoms in total. The summed E-state index contributed by atoms with van der Waals surface area (Å²) in [4.78, 5) is 22.1. The molecule has 0 aromatic heterocycles. The molecule has 0 saturated carbocycles. The molecular weight excluding hydrogens is 387 g/mol. The molecule has 0 amide bonds. The summed E-state index contributed by atoms with van der Waals surface area (Å²) in [6.07, 6.45) is -4.46. The molecule has 0 saturated heterocycles. The zero-order chi connectivity index (χ0) is 20.0. The smallest absolute Gasteiger partial charge is 0.416 e. The van der Waals surface area contributed by atoms with Gasteiger partial charge in [-0.3, -0.25) is 14.9 Å². The van der Waals surface area contributed by atoms with Crippen LogP contribution in [0.15, 0.2) is 47.4 Å². The van der Waals surface area contributed by atoms with Crippen molar-refractivity contribution in [2.45, 2.75) is 18.0 Å². The Hall–Kier alpha value is -2.75. The van der Waals surface area contributed by atoms with Crippen molar-refractivity contribution in [1.82, 2.24) is 0 Å². The van der Waals surface area contributed by atoms with Gasteiger partial charge in [-0.05, 0) is 37.3 Å². The van der Waals surface area contributed by atoms with Gasteiger partial charge >= 0.3 is 12.1 Å². The lowest BCUT2D eigenvalue weighted by Gasteiger charge is -2.10. The van der Waals surface area contributed by atoms with Crippen LogP contribution in [0, 0.1) is 10.1 Å². The van der Waals surface area contributed by atoms with Crippen LogP contribution in [0.1, 0.15) is 12.5 Å². The SMILES string of the molecule is CCOC(=O)CSc1cc(Oc2ccc(C(F)(F)F)cc2)ccc1[N+](=O)[O-]. The van der Waals surface area contributed by atoms with Gasteiger partial charge in [0.25, 0.3) is 5.69 Å². The van der Waals surface area contributed by atoms with E-state index in [4.69, 9.17) is 9.47 Å². The maximum Gasteiger partial charge on any atom is 0.416 e. The van der Waals surface area contributed by atoms with Gasteiger partial charge < -0.3 is 9.47 Å². The Morgan fingerprint density at radius 1 is 1.15 bits per heavy atom. The van der Waals surface area contributed by atoms with Gasteiger partial charge in [0.2, 0.25) is 0 Å². The van der Waals surface area contributed by atoms with Crippen molar-refractivity contribution in [2.75, 3.05) is 12.4 Å². The Labute approximate surface area is 156 Å². The zero-order valence-electron chi connectivity index (χ0n) is 14.0. The van der Waals surface area contributed by atoms with Gasteiger partial charge in [-0.2, -0.15) is 13.2 Å². The van der Waals surface area contributed by atoms with Crippen LogP contribution in [0.2, 0.25) is 0 Å². The topological polar surface area (TPSA) is 78.7 Å². The average Bonchev–Trinajstić information content (AvgIpc) is 2.60. The Kier molecular flexibility index (Phi) is 6.67. The summed E-state index contributed by atoms with van der Waals surface area (Å²) in [5.41, 5.74) is -1.03. The number of alkyl halides is 3. The Morgan fingerprint density at radius 2 is 1.78 bits per heavy atom. The van der Waals surface area contributed by atoms with Crippen LogP contribution in [-0.4, -0.2) is 23.3 Å². The first-order valence-corrected chi connectivity index (χ1v) is 8.61. The fourth-order valence-corrected chi connectivity index (χ4v) is 2.86. The number of ether oxygens (including phenoxy) is 2. The predicted molar refractivity (Wildman–Crippen MR) is 92.0 cm³/mol. The van der Waals surface area contributed by atoms with Crippen molar-refractivity contribution in [3.05, 3.63) is 58.1 Å². The second kappa shape index (κ2) is 8.76. The highest BCUT2D eigenvalue weighted by Gasteiger charge is 2.30. The fraction of sp³-hybridized carbons (Fsp3) is 0.235. The summed E-state index contributed by atoms with van der Waals surface area (Å²) in [5, 5.41) is 11.1. The number of halogens is 3. The minimum atomic E-state index is -4.46. The van der Waals surface area contributed by atoms with E-state index >= 15 is 0 Å². The number of hydrogen-bond donors (Lipinski definition) is 0. The van der Waals surface area contributed by atoms with E-state index < -0.39 is 22.6 Å². The number of thioether (sulfide) groups is 1. The van der Waals surface area contributed by atoms with E-state index in [0.29, 0.717) is 0 Å². The van der Waals surface area contributed by atoms with Crippen molar-refractivity contribution in [3.8, 4) is 11.5 Å². The van der Waals surface area contributed by atoms with Crippen LogP contribution in [0.4, 0.5) is 18.9 Å². The highest BCUT2D eigenvalue weighted by molar-refractivity contribution is 8.00. The Morgan fingerprint density at radius 3 is 2.33 bits per heavy atom. The van der Waals surface area contributed by atoms with Gasteiger partial charge in [-0.1, -0.05) is 0 Å². The number of hydrogen-bond acceptors (Lipinski definition) is 6. The number of benzene rings is 2. The summed E-state index contributed by atoms with van der Waals surface area (Å²) in [6.45, 7) is 1.84. The molecule has 0 bridgehead atoms. The van der Waals surface area contributed by atoms with Gasteiger partial charge in [0, 0.05) is 12.1 Å². The van der Waals surface area contributed by atoms with Gasteiger partial charge in [-0.25, -0.2) is 0 Å². The molecule has 2 rings (SSSR count). The molecule has 0 unspecified atom stereocenters. The molecule has 0 heterocycles. The summed E-state index contributed by atoms with van der Waals surface area (Å²) in [5.74, 6) is -0.325. The third kappa shape index (κ3) is 5.88. The van der Waals surface area contributed by atoms with E-state index in [1.54, 1.807) is 6.92 Å². The van der Waals surface area contributed by atoms with Crippen LogP contribution in [0.3, 0.4) is 0 Å². The van der Waals surface area contributed by atoms with Gasteiger partial charge in [0.1, 0.15) is 11.5 Å². The second-order valence-corrected chi connectivity index (χ2v) is 6.12. The molecule has 0 spiro atoms. The summed E-state index contributed by atoms with van der Waals surface area (Å²) in [7, 11) is 0. The van der Waals surface area contributed by atoms with Crippen LogP contribution in [-0.2, 0) is 15.7 Å². The van der Waals surface area contributed by atoms with E-state index in [2.05, 4.69) is 0 Å². The van der Waals surface area contributed by atoms with Crippen LogP contribution >= 0.6 is 11.8 Å². The lowest BCUT2D eigenvalue weighted by molar-refractivity contribution is -0.387. The molecule has 0 aliphatic rings. The van der Waals surface area contributed by atoms with Crippen molar-refractivity contribution in [3.63, 3.8) is 0 Å². The van der Waals surface area contributed by atoms with Crippen molar-refractivity contribution < 1.29 is 32.4 Å². The van der Waals surface area contributed by atoms with E-state index in [1.165, 1.54) is 18.2 Å². The lowest BCUT2D eigenvalue weighted by atomic mass is 10.2. The molecule has 2 aromatic rings. The lowest BCUT2D eigenvalue weighted by Crippen LogP contribution is -2.06. The molecule has 0 atom stereocenters. The zero-order valence-corrected chi connectivity index (χ0v) is 14.8. The first-order valence-electron chi connectivity index (χ1n) is 7.62. The van der Waals surface area contributed by atoms with Crippen molar-refractivity contribution in [2.24, 2.45) is 0 Å². The number of nitro groups is 1. The number of carbonyl (C=O) groups excluding carboxylic acids is 1. The number of rotatable bonds is 7. The highest BCUT2D eigenvalue weighted by Crippen LogP contribution is 2.35. The van der Waals surface area contributed by atoms with Crippen LogP contribution < -0.4 is 4.74 Å². The number of nitro benzene ring substituents is 1. The second-order valence-electron chi connectivity index (χ2n) is 5.10. The molecule has 27 heavy (non-hydrogen) atoms. The molecule has 0 N–H and O–H groups in total. The quantitative estimate of drug-likeness (QED) is 0.279. The molecule has 0 radical (unpaired) electrons. The predicted octanol–water partition coefficient (Wildman–Crippen LogP) is 5.06. The maximum absolute atomic E-state index is 12.6. The molecule has 10 heteroatoms. The molecule has 0 aliphatic carbocycles. The van der Waals surface area contributed by atoms with Gasteiger partial charge in [0.15, 0.2) is 0 Å². The summed E-state index contributed by atoms with van der Waals surface area (Å²) < 4.78 is 48.0. The van der Waals surface area contributed by atoms with E-state index in [9.17, 15) is 28.1 Å².